The van der Waals surface area contributed by atoms with Crippen molar-refractivity contribution in [3.63, 3.8) is 0 Å². The fourth-order valence-electron chi connectivity index (χ4n) is 3.41. The molecule has 9 N–H and O–H groups in total. The van der Waals surface area contributed by atoms with Crippen molar-refractivity contribution in [1.29, 1.82) is 0 Å². The number of nitrogens with two attached hydrogens (primary N) is 3. The highest BCUT2D eigenvalue weighted by Gasteiger charge is 2.37. The molecule has 0 spiro atoms. The molecular weight excluding hydrogens is 408 g/mol. The van der Waals surface area contributed by atoms with Crippen molar-refractivity contribution in [3.05, 3.63) is 0 Å². The lowest BCUT2D eigenvalue weighted by Crippen LogP contribution is -2.57. The average Bonchev–Trinajstić information content (AvgIpc) is 3.18. The Hall–Kier alpha value is -2.73. The van der Waals surface area contributed by atoms with Crippen LogP contribution >= 0.6 is 0 Å². The van der Waals surface area contributed by atoms with Gasteiger partial charge in [0, 0.05) is 13.0 Å². The Balaban J connectivity index is 2.89. The molecule has 0 aromatic rings. The standard InChI is InChI=1S/C19H34N6O6/c1-10(2)8-13(17(29)23-12(16(22)28)5-6-15(21)27)24-18(30)14-4-3-7-25(14)19(31)11(20)9-26/h10-14,26H,3-9,20H2,1-2H3,(H2,21,27)(H2,22,28)(H,23,29)(H,24,30)/t11-,12-,13-,14-/m0/s1. The van der Waals surface area contributed by atoms with E-state index in [9.17, 15) is 24.0 Å². The van der Waals surface area contributed by atoms with Crippen LogP contribution in [-0.4, -0.2) is 76.9 Å². The van der Waals surface area contributed by atoms with Crippen molar-refractivity contribution < 1.29 is 29.1 Å². The molecule has 0 aromatic carbocycles. The van der Waals surface area contributed by atoms with Gasteiger partial charge in [-0.2, -0.15) is 0 Å². The van der Waals surface area contributed by atoms with Crippen LogP contribution in [0.1, 0.15) is 46.0 Å². The van der Waals surface area contributed by atoms with E-state index in [1.165, 1.54) is 4.90 Å². The summed E-state index contributed by atoms with van der Waals surface area (Å²) >= 11 is 0. The second-order valence-corrected chi connectivity index (χ2v) is 8.14. The summed E-state index contributed by atoms with van der Waals surface area (Å²) in [6.07, 6.45) is 1.06. The van der Waals surface area contributed by atoms with Crippen LogP contribution in [0.2, 0.25) is 0 Å². The Morgan fingerprint density at radius 2 is 1.74 bits per heavy atom. The summed E-state index contributed by atoms with van der Waals surface area (Å²) < 4.78 is 0. The minimum atomic E-state index is -1.12. The quantitative estimate of drug-likeness (QED) is 0.185. The predicted octanol–water partition coefficient (Wildman–Crippen LogP) is -2.94. The highest BCUT2D eigenvalue weighted by Crippen LogP contribution is 2.19. The van der Waals surface area contributed by atoms with Gasteiger partial charge in [0.2, 0.25) is 29.5 Å². The lowest BCUT2D eigenvalue weighted by molar-refractivity contribution is -0.141. The third-order valence-corrected chi connectivity index (χ3v) is 5.03. The van der Waals surface area contributed by atoms with Gasteiger partial charge in [-0.3, -0.25) is 24.0 Å². The zero-order valence-electron chi connectivity index (χ0n) is 18.0. The van der Waals surface area contributed by atoms with Crippen LogP contribution in [0.3, 0.4) is 0 Å². The van der Waals surface area contributed by atoms with E-state index >= 15 is 0 Å². The molecule has 0 unspecified atom stereocenters. The Labute approximate surface area is 181 Å². The van der Waals surface area contributed by atoms with Crippen LogP contribution in [0.5, 0.6) is 0 Å². The number of likely N-dealkylation sites (tertiary alicyclic amines) is 1. The third kappa shape index (κ3) is 8.13. The summed E-state index contributed by atoms with van der Waals surface area (Å²) in [7, 11) is 0. The molecule has 4 atom stereocenters. The Kier molecular flexibility index (Phi) is 10.4. The lowest BCUT2D eigenvalue weighted by Gasteiger charge is -2.28. The summed E-state index contributed by atoms with van der Waals surface area (Å²) in [5.74, 6) is -3.12. The minimum Gasteiger partial charge on any atom is -0.394 e. The number of primary amides is 2. The molecule has 12 nitrogen and oxygen atoms in total. The monoisotopic (exact) mass is 442 g/mol. The first-order chi connectivity index (χ1) is 14.5. The molecule has 1 rings (SSSR count). The molecule has 12 heteroatoms. The number of carbonyl (C=O) groups is 5. The Bertz CT molecular complexity index is 685. The molecule has 31 heavy (non-hydrogen) atoms. The number of rotatable bonds is 12. The molecule has 1 fully saturated rings. The number of hydrogen-bond acceptors (Lipinski definition) is 7. The molecule has 0 saturated carbocycles. The summed E-state index contributed by atoms with van der Waals surface area (Å²) in [5, 5.41) is 14.2. The average molecular weight is 443 g/mol. The zero-order chi connectivity index (χ0) is 23.7. The molecule has 1 saturated heterocycles. The van der Waals surface area contributed by atoms with Crippen molar-refractivity contribution in [2.75, 3.05) is 13.2 Å². The molecule has 1 aliphatic rings. The fraction of sp³-hybridized carbons (Fsp3) is 0.737. The second-order valence-electron chi connectivity index (χ2n) is 8.14. The van der Waals surface area contributed by atoms with Crippen LogP contribution < -0.4 is 27.8 Å². The number of hydrogen-bond donors (Lipinski definition) is 6. The van der Waals surface area contributed by atoms with E-state index in [0.717, 1.165) is 0 Å². The van der Waals surface area contributed by atoms with E-state index in [1.54, 1.807) is 0 Å². The first kappa shape index (κ1) is 26.3. The number of amides is 5. The van der Waals surface area contributed by atoms with Crippen molar-refractivity contribution in [1.82, 2.24) is 15.5 Å². The van der Waals surface area contributed by atoms with Gasteiger partial charge < -0.3 is 37.8 Å². The Morgan fingerprint density at radius 1 is 1.10 bits per heavy atom. The van der Waals surface area contributed by atoms with Crippen LogP contribution in [0.25, 0.3) is 0 Å². The maximum absolute atomic E-state index is 12.9. The first-order valence-corrected chi connectivity index (χ1v) is 10.3. The van der Waals surface area contributed by atoms with Crippen molar-refractivity contribution in [3.8, 4) is 0 Å². The molecule has 0 radical (unpaired) electrons. The second kappa shape index (κ2) is 12.2. The SMILES string of the molecule is CC(C)C[C@H](NC(=O)[C@@H]1CCCN1C(=O)[C@@H](N)CO)C(=O)N[C@@H](CCC(N)=O)C(N)=O. The largest absolute Gasteiger partial charge is 0.394 e. The normalized spacial score (nSPS) is 18.9. The van der Waals surface area contributed by atoms with E-state index in [4.69, 9.17) is 22.3 Å². The molecule has 0 bridgehead atoms. The Morgan fingerprint density at radius 3 is 2.26 bits per heavy atom. The molecule has 176 valence electrons. The molecule has 1 aliphatic heterocycles. The van der Waals surface area contributed by atoms with Gasteiger partial charge in [0.05, 0.1) is 6.61 Å². The van der Waals surface area contributed by atoms with Gasteiger partial charge in [-0.1, -0.05) is 13.8 Å². The molecule has 0 aliphatic carbocycles. The van der Waals surface area contributed by atoms with Gasteiger partial charge in [-0.05, 0) is 31.6 Å². The van der Waals surface area contributed by atoms with Gasteiger partial charge in [-0.25, -0.2) is 0 Å². The molecule has 0 aromatic heterocycles. The maximum Gasteiger partial charge on any atom is 0.243 e. The van der Waals surface area contributed by atoms with E-state index in [-0.39, 0.29) is 25.2 Å². The number of nitrogens with one attached hydrogen (secondary N) is 2. The number of aliphatic hydroxyl groups is 1. The van der Waals surface area contributed by atoms with Crippen molar-refractivity contribution in [2.24, 2.45) is 23.1 Å². The van der Waals surface area contributed by atoms with Crippen LogP contribution in [0, 0.1) is 5.92 Å². The molecular formula is C19H34N6O6. The zero-order valence-corrected chi connectivity index (χ0v) is 18.0. The third-order valence-electron chi connectivity index (χ3n) is 5.03. The van der Waals surface area contributed by atoms with Crippen LogP contribution in [0.4, 0.5) is 0 Å². The van der Waals surface area contributed by atoms with Gasteiger partial charge in [0.1, 0.15) is 24.2 Å². The van der Waals surface area contributed by atoms with Crippen molar-refractivity contribution in [2.45, 2.75) is 70.1 Å². The van der Waals surface area contributed by atoms with Gasteiger partial charge in [-0.15, -0.1) is 0 Å². The highest BCUT2D eigenvalue weighted by atomic mass is 16.3. The summed E-state index contributed by atoms with van der Waals surface area (Å²) in [4.78, 5) is 61.9. The first-order valence-electron chi connectivity index (χ1n) is 10.3. The number of aliphatic hydroxyl groups excluding tert-OH is 1. The van der Waals surface area contributed by atoms with E-state index in [1.807, 2.05) is 13.8 Å². The number of carbonyl (C=O) groups excluding carboxylic acids is 5. The van der Waals surface area contributed by atoms with Crippen LogP contribution in [0.15, 0.2) is 0 Å². The topological polar surface area (TPSA) is 211 Å². The smallest absolute Gasteiger partial charge is 0.243 e. The number of nitrogens with zero attached hydrogens (tertiary/aromatic N) is 1. The van der Waals surface area contributed by atoms with Crippen molar-refractivity contribution >= 4 is 29.5 Å². The summed E-state index contributed by atoms with van der Waals surface area (Å²) in [5.41, 5.74) is 16.0. The van der Waals surface area contributed by atoms with E-state index in [2.05, 4.69) is 10.6 Å². The molecule has 1 heterocycles. The van der Waals surface area contributed by atoms with Crippen LogP contribution in [-0.2, 0) is 24.0 Å². The lowest BCUT2D eigenvalue weighted by atomic mass is 10.0. The maximum atomic E-state index is 12.9. The summed E-state index contributed by atoms with van der Waals surface area (Å²) in [6.45, 7) is 3.50. The molecule has 5 amide bonds. The van der Waals surface area contributed by atoms with Gasteiger partial charge in [0.15, 0.2) is 0 Å². The van der Waals surface area contributed by atoms with Gasteiger partial charge in [0.25, 0.3) is 0 Å². The van der Waals surface area contributed by atoms with E-state index < -0.39 is 60.3 Å². The predicted molar refractivity (Wildman–Crippen MR) is 111 cm³/mol. The van der Waals surface area contributed by atoms with E-state index in [0.29, 0.717) is 19.4 Å². The minimum absolute atomic E-state index is 0.0258. The highest BCUT2D eigenvalue weighted by molar-refractivity contribution is 5.95. The fourth-order valence-corrected chi connectivity index (χ4v) is 3.41. The summed E-state index contributed by atoms with van der Waals surface area (Å²) in [6, 6.07) is -4.02. The van der Waals surface area contributed by atoms with Gasteiger partial charge >= 0.3 is 0 Å².